The van der Waals surface area contributed by atoms with Crippen molar-refractivity contribution in [2.45, 2.75) is 38.3 Å². The Morgan fingerprint density at radius 3 is 2.93 bits per heavy atom. The SMILES string of the molecule is O=C(C1CCCN1C(=O)Cc1cccs1)N1CCc2[nH]c3c(Br)cccc3c2C1. The number of halogens is 1. The average Bonchev–Trinajstić information content (AvgIpc) is 3.47. The minimum atomic E-state index is -0.319. The van der Waals surface area contributed by atoms with E-state index in [1.54, 1.807) is 11.3 Å². The third-order valence-electron chi connectivity index (χ3n) is 6.04. The average molecular weight is 472 g/mol. The molecule has 4 heterocycles. The van der Waals surface area contributed by atoms with Gasteiger partial charge in [-0.15, -0.1) is 11.3 Å². The number of hydrogen-bond acceptors (Lipinski definition) is 3. The molecule has 0 spiro atoms. The zero-order valence-corrected chi connectivity index (χ0v) is 18.4. The smallest absolute Gasteiger partial charge is 0.245 e. The molecule has 1 atom stereocenters. The van der Waals surface area contributed by atoms with Crippen LogP contribution in [0.2, 0.25) is 0 Å². The van der Waals surface area contributed by atoms with Crippen molar-refractivity contribution in [1.29, 1.82) is 0 Å². The molecule has 5 nitrogen and oxygen atoms in total. The largest absolute Gasteiger partial charge is 0.357 e. The van der Waals surface area contributed by atoms with Crippen LogP contribution in [0.5, 0.6) is 0 Å². The van der Waals surface area contributed by atoms with Gasteiger partial charge in [-0.3, -0.25) is 9.59 Å². The van der Waals surface area contributed by atoms with E-state index in [0.29, 0.717) is 26.1 Å². The van der Waals surface area contributed by atoms with E-state index in [0.717, 1.165) is 34.1 Å². The molecule has 1 fully saturated rings. The van der Waals surface area contributed by atoms with Crippen LogP contribution in [0.3, 0.4) is 0 Å². The van der Waals surface area contributed by atoms with Crippen LogP contribution in [-0.2, 0) is 29.0 Å². The van der Waals surface area contributed by atoms with Gasteiger partial charge in [0.15, 0.2) is 0 Å². The molecule has 3 aromatic rings. The zero-order chi connectivity index (χ0) is 20.0. The number of H-pyrrole nitrogens is 1. The van der Waals surface area contributed by atoms with Gasteiger partial charge in [0.2, 0.25) is 11.8 Å². The van der Waals surface area contributed by atoms with Gasteiger partial charge in [-0.25, -0.2) is 0 Å². The number of amides is 2. The Labute approximate surface area is 181 Å². The summed E-state index contributed by atoms with van der Waals surface area (Å²) in [6.07, 6.45) is 2.86. The molecular weight excluding hydrogens is 450 g/mol. The van der Waals surface area contributed by atoms with Crippen LogP contribution in [0.25, 0.3) is 10.9 Å². The van der Waals surface area contributed by atoms with E-state index < -0.39 is 0 Å². The fourth-order valence-electron chi connectivity index (χ4n) is 4.59. The topological polar surface area (TPSA) is 56.4 Å². The van der Waals surface area contributed by atoms with Crippen LogP contribution in [0.1, 0.15) is 29.0 Å². The number of aromatic nitrogens is 1. The van der Waals surface area contributed by atoms with Crippen molar-refractivity contribution >= 4 is 50.0 Å². The van der Waals surface area contributed by atoms with Crippen molar-refractivity contribution in [3.05, 3.63) is 56.3 Å². The number of nitrogens with one attached hydrogen (secondary N) is 1. The maximum absolute atomic E-state index is 13.4. The van der Waals surface area contributed by atoms with Crippen LogP contribution >= 0.6 is 27.3 Å². The van der Waals surface area contributed by atoms with E-state index in [-0.39, 0.29) is 17.9 Å². The van der Waals surface area contributed by atoms with E-state index in [1.807, 2.05) is 39.4 Å². The summed E-state index contributed by atoms with van der Waals surface area (Å²) < 4.78 is 1.04. The highest BCUT2D eigenvalue weighted by Crippen LogP contribution is 2.32. The van der Waals surface area contributed by atoms with Crippen molar-refractivity contribution in [3.8, 4) is 0 Å². The number of benzene rings is 1. The van der Waals surface area contributed by atoms with Crippen molar-refractivity contribution < 1.29 is 9.59 Å². The molecule has 1 N–H and O–H groups in total. The summed E-state index contributed by atoms with van der Waals surface area (Å²) in [5, 5.41) is 3.16. The van der Waals surface area contributed by atoms with E-state index in [2.05, 4.69) is 27.0 Å². The quantitative estimate of drug-likeness (QED) is 0.624. The van der Waals surface area contributed by atoms with Gasteiger partial charge in [0.05, 0.1) is 11.9 Å². The summed E-state index contributed by atoms with van der Waals surface area (Å²) in [6, 6.07) is 9.80. The van der Waals surface area contributed by atoms with Crippen molar-refractivity contribution in [2.75, 3.05) is 13.1 Å². The summed E-state index contributed by atoms with van der Waals surface area (Å²) in [5.41, 5.74) is 3.52. The first-order valence-corrected chi connectivity index (χ1v) is 11.7. The molecule has 1 unspecified atom stereocenters. The highest BCUT2D eigenvalue weighted by Gasteiger charge is 2.37. The number of carbonyl (C=O) groups excluding carboxylic acids is 2. The number of para-hydroxylation sites is 1. The second-order valence-corrected chi connectivity index (χ2v) is 9.64. The van der Waals surface area contributed by atoms with E-state index in [9.17, 15) is 9.59 Å². The first kappa shape index (κ1) is 18.9. The first-order valence-electron chi connectivity index (χ1n) is 10.0. The second-order valence-electron chi connectivity index (χ2n) is 7.76. The third-order valence-corrected chi connectivity index (χ3v) is 7.57. The Morgan fingerprint density at radius 1 is 1.21 bits per heavy atom. The monoisotopic (exact) mass is 471 g/mol. The molecule has 2 aromatic heterocycles. The predicted octanol–water partition coefficient (Wildman–Crippen LogP) is 4.11. The molecule has 2 aliphatic heterocycles. The molecule has 2 amide bonds. The van der Waals surface area contributed by atoms with E-state index in [1.165, 1.54) is 16.6 Å². The molecule has 1 saturated heterocycles. The van der Waals surface area contributed by atoms with Crippen LogP contribution in [0.15, 0.2) is 40.2 Å². The number of hydrogen-bond donors (Lipinski definition) is 1. The Balaban J connectivity index is 1.35. The van der Waals surface area contributed by atoms with Gasteiger partial charge in [-0.2, -0.15) is 0 Å². The van der Waals surface area contributed by atoms with Crippen LogP contribution in [-0.4, -0.2) is 45.7 Å². The van der Waals surface area contributed by atoms with Crippen molar-refractivity contribution in [2.24, 2.45) is 0 Å². The molecule has 5 rings (SSSR count). The van der Waals surface area contributed by atoms with Crippen molar-refractivity contribution in [1.82, 2.24) is 14.8 Å². The van der Waals surface area contributed by atoms with Crippen LogP contribution < -0.4 is 0 Å². The molecule has 0 bridgehead atoms. The fourth-order valence-corrected chi connectivity index (χ4v) is 5.75. The highest BCUT2D eigenvalue weighted by molar-refractivity contribution is 9.10. The minimum Gasteiger partial charge on any atom is -0.357 e. The lowest BCUT2D eigenvalue weighted by Crippen LogP contribution is -2.49. The van der Waals surface area contributed by atoms with Crippen LogP contribution in [0.4, 0.5) is 0 Å². The lowest BCUT2D eigenvalue weighted by molar-refractivity contribution is -0.144. The number of thiophene rings is 1. The maximum atomic E-state index is 13.4. The Morgan fingerprint density at radius 2 is 2.10 bits per heavy atom. The van der Waals surface area contributed by atoms with E-state index >= 15 is 0 Å². The minimum absolute atomic E-state index is 0.0667. The molecule has 1 aromatic carbocycles. The molecule has 150 valence electrons. The molecule has 0 aliphatic carbocycles. The number of likely N-dealkylation sites (tertiary alicyclic amines) is 1. The lowest BCUT2D eigenvalue weighted by Gasteiger charge is -2.32. The maximum Gasteiger partial charge on any atom is 0.245 e. The van der Waals surface area contributed by atoms with Gasteiger partial charge in [-0.1, -0.05) is 18.2 Å². The standard InChI is InChI=1S/C22H22BrN3O2S/c23-17-6-1-5-15-16-13-25(10-8-18(16)24-21(15)17)22(28)19-7-2-9-26(19)20(27)12-14-4-3-11-29-14/h1,3-6,11,19,24H,2,7-10,12-13H2. The molecule has 0 radical (unpaired) electrons. The zero-order valence-electron chi connectivity index (χ0n) is 16.0. The highest BCUT2D eigenvalue weighted by atomic mass is 79.9. The van der Waals surface area contributed by atoms with Gasteiger partial charge < -0.3 is 14.8 Å². The van der Waals surface area contributed by atoms with E-state index in [4.69, 9.17) is 0 Å². The summed E-state index contributed by atoms with van der Waals surface area (Å²) in [4.78, 5) is 34.5. The number of carbonyl (C=O) groups is 2. The normalized spacial score (nSPS) is 19.0. The Hall–Kier alpha value is -2.12. The van der Waals surface area contributed by atoms with Gasteiger partial charge in [-0.05, 0) is 46.3 Å². The Kier molecular flexibility index (Phi) is 4.95. The molecule has 0 saturated carbocycles. The van der Waals surface area contributed by atoms with Crippen LogP contribution in [0, 0.1) is 0 Å². The van der Waals surface area contributed by atoms with Gasteiger partial charge >= 0.3 is 0 Å². The molecule has 29 heavy (non-hydrogen) atoms. The predicted molar refractivity (Wildman–Crippen MR) is 118 cm³/mol. The fraction of sp³-hybridized carbons (Fsp3) is 0.364. The van der Waals surface area contributed by atoms with Crippen molar-refractivity contribution in [3.63, 3.8) is 0 Å². The lowest BCUT2D eigenvalue weighted by atomic mass is 10.0. The number of fused-ring (bicyclic) bond motifs is 3. The van der Waals surface area contributed by atoms with Gasteiger partial charge in [0.25, 0.3) is 0 Å². The second kappa shape index (κ2) is 7.61. The van der Waals surface area contributed by atoms with Gasteiger partial charge in [0.1, 0.15) is 6.04 Å². The van der Waals surface area contributed by atoms with Gasteiger partial charge in [0, 0.05) is 52.0 Å². The third kappa shape index (κ3) is 3.40. The summed E-state index contributed by atoms with van der Waals surface area (Å²) in [5.74, 6) is 0.161. The summed E-state index contributed by atoms with van der Waals surface area (Å²) in [7, 11) is 0. The molecule has 2 aliphatic rings. The Bertz CT molecular complexity index is 1080. The summed E-state index contributed by atoms with van der Waals surface area (Å²) >= 11 is 5.21. The summed E-state index contributed by atoms with van der Waals surface area (Å²) in [6.45, 7) is 1.98. The first-order chi connectivity index (χ1) is 14.1. The molecular formula is C22H22BrN3O2S. The number of rotatable bonds is 3. The number of nitrogens with zero attached hydrogens (tertiary/aromatic N) is 2. The number of aromatic amines is 1. The molecule has 7 heteroatoms.